The highest BCUT2D eigenvalue weighted by molar-refractivity contribution is 7.89. The quantitative estimate of drug-likeness (QED) is 0.406. The molecule has 2 aromatic carbocycles. The van der Waals surface area contributed by atoms with E-state index in [1.54, 1.807) is 22.5 Å². The van der Waals surface area contributed by atoms with Crippen molar-refractivity contribution >= 4 is 32.5 Å². The van der Waals surface area contributed by atoms with Gasteiger partial charge in [0, 0.05) is 37.0 Å². The van der Waals surface area contributed by atoms with Gasteiger partial charge >= 0.3 is 0 Å². The van der Waals surface area contributed by atoms with E-state index in [0.717, 1.165) is 46.7 Å². The summed E-state index contributed by atoms with van der Waals surface area (Å²) in [6.45, 7) is 5.40. The summed E-state index contributed by atoms with van der Waals surface area (Å²) >= 11 is 0. The molecular formula is C27H32N6O2S. The van der Waals surface area contributed by atoms with Crippen LogP contribution in [0.2, 0.25) is 0 Å². The number of rotatable bonds is 4. The Morgan fingerprint density at radius 2 is 1.75 bits per heavy atom. The van der Waals surface area contributed by atoms with Crippen molar-refractivity contribution in [2.24, 2.45) is 0 Å². The second-order valence-electron chi connectivity index (χ2n) is 10.2. The fourth-order valence-electron chi connectivity index (χ4n) is 5.81. The fourth-order valence-corrected chi connectivity index (χ4v) is 7.53. The zero-order chi connectivity index (χ0) is 24.9. The highest BCUT2D eigenvalue weighted by Gasteiger charge is 2.35. The SMILES string of the molecule is Cc1cccc(S(=O)(=O)N2CCN(c3nc4ccccc4c4nnc(C5CCCCC5)n34)CC2C)c1. The van der Waals surface area contributed by atoms with Crippen LogP contribution in [0.3, 0.4) is 0 Å². The van der Waals surface area contributed by atoms with Gasteiger partial charge in [-0.2, -0.15) is 4.31 Å². The average molecular weight is 505 g/mol. The van der Waals surface area contributed by atoms with Crippen LogP contribution in [0.4, 0.5) is 5.95 Å². The lowest BCUT2D eigenvalue weighted by molar-refractivity contribution is 0.304. The molecule has 0 amide bonds. The number of sulfonamides is 1. The lowest BCUT2D eigenvalue weighted by Crippen LogP contribution is -2.54. The van der Waals surface area contributed by atoms with E-state index in [9.17, 15) is 8.42 Å². The standard InChI is InChI=1S/C27H32N6O2S/c1-19-9-8-12-22(17-19)36(34,35)32-16-15-31(18-20(32)2)27-28-24-14-7-6-13-23(24)26-30-29-25(33(26)27)21-10-4-3-5-11-21/h6-9,12-14,17,20-21H,3-5,10-11,15-16,18H2,1-2H3. The number of hydrogen-bond acceptors (Lipinski definition) is 6. The molecule has 4 aromatic rings. The molecule has 0 radical (unpaired) electrons. The molecule has 2 fully saturated rings. The van der Waals surface area contributed by atoms with E-state index in [4.69, 9.17) is 4.98 Å². The number of anilines is 1. The minimum absolute atomic E-state index is 0.206. The summed E-state index contributed by atoms with van der Waals surface area (Å²) in [5.41, 5.74) is 2.65. The largest absolute Gasteiger partial charge is 0.339 e. The molecule has 2 aromatic heterocycles. The van der Waals surface area contributed by atoms with E-state index in [2.05, 4.69) is 25.6 Å². The van der Waals surface area contributed by atoms with Crippen LogP contribution >= 0.6 is 0 Å². The Labute approximate surface area is 212 Å². The highest BCUT2D eigenvalue weighted by atomic mass is 32.2. The summed E-state index contributed by atoms with van der Waals surface area (Å²) in [5.74, 6) is 2.17. The molecule has 2 aliphatic rings. The molecule has 1 saturated carbocycles. The van der Waals surface area contributed by atoms with E-state index in [1.807, 2.05) is 38.1 Å². The van der Waals surface area contributed by atoms with Gasteiger partial charge in [0.25, 0.3) is 0 Å². The van der Waals surface area contributed by atoms with Crippen LogP contribution in [0.15, 0.2) is 53.4 Å². The molecule has 6 rings (SSSR count). The predicted molar refractivity (Wildman–Crippen MR) is 141 cm³/mol. The second kappa shape index (κ2) is 9.12. The van der Waals surface area contributed by atoms with Crippen molar-refractivity contribution in [2.45, 2.75) is 62.8 Å². The summed E-state index contributed by atoms with van der Waals surface area (Å²) in [7, 11) is -3.58. The highest BCUT2D eigenvalue weighted by Crippen LogP contribution is 2.35. The summed E-state index contributed by atoms with van der Waals surface area (Å²) in [6.07, 6.45) is 5.93. The predicted octanol–water partition coefficient (Wildman–Crippen LogP) is 4.53. The van der Waals surface area contributed by atoms with E-state index in [-0.39, 0.29) is 6.04 Å². The second-order valence-corrected chi connectivity index (χ2v) is 12.1. The molecular weight excluding hydrogens is 472 g/mol. The molecule has 1 aliphatic heterocycles. The summed E-state index contributed by atoms with van der Waals surface area (Å²) in [5, 5.41) is 10.3. The van der Waals surface area contributed by atoms with Gasteiger partial charge in [-0.15, -0.1) is 10.2 Å². The van der Waals surface area contributed by atoms with Gasteiger partial charge in [0.2, 0.25) is 16.0 Å². The Kier molecular flexibility index (Phi) is 5.92. The summed E-state index contributed by atoms with van der Waals surface area (Å²) in [6, 6.07) is 15.0. The van der Waals surface area contributed by atoms with Gasteiger partial charge < -0.3 is 4.90 Å². The molecule has 36 heavy (non-hydrogen) atoms. The Balaban J connectivity index is 1.39. The van der Waals surface area contributed by atoms with Gasteiger partial charge in [-0.25, -0.2) is 17.8 Å². The maximum absolute atomic E-state index is 13.5. The molecule has 1 atom stereocenters. The Morgan fingerprint density at radius 3 is 2.53 bits per heavy atom. The molecule has 0 bridgehead atoms. The molecule has 3 heterocycles. The van der Waals surface area contributed by atoms with Crippen molar-refractivity contribution in [1.82, 2.24) is 23.9 Å². The topological polar surface area (TPSA) is 83.7 Å². The molecule has 0 spiro atoms. The zero-order valence-corrected chi connectivity index (χ0v) is 21.7. The van der Waals surface area contributed by atoms with Crippen molar-refractivity contribution in [3.05, 3.63) is 59.9 Å². The summed E-state index contributed by atoms with van der Waals surface area (Å²) in [4.78, 5) is 7.65. The lowest BCUT2D eigenvalue weighted by atomic mass is 9.89. The first-order chi connectivity index (χ1) is 17.4. The van der Waals surface area contributed by atoms with Crippen LogP contribution in [0.25, 0.3) is 16.6 Å². The van der Waals surface area contributed by atoms with Crippen LogP contribution < -0.4 is 4.90 Å². The minimum atomic E-state index is -3.58. The van der Waals surface area contributed by atoms with Crippen molar-refractivity contribution in [1.29, 1.82) is 0 Å². The number of fused-ring (bicyclic) bond motifs is 3. The molecule has 0 N–H and O–H groups in total. The normalized spacial score (nSPS) is 20.4. The van der Waals surface area contributed by atoms with Gasteiger partial charge in [-0.05, 0) is 56.5 Å². The molecule has 1 aliphatic carbocycles. The van der Waals surface area contributed by atoms with E-state index < -0.39 is 10.0 Å². The van der Waals surface area contributed by atoms with Crippen LogP contribution in [0.5, 0.6) is 0 Å². The number of nitrogens with zero attached hydrogens (tertiary/aromatic N) is 6. The average Bonchev–Trinajstić information content (AvgIpc) is 3.34. The molecule has 188 valence electrons. The van der Waals surface area contributed by atoms with Crippen LogP contribution in [0.1, 0.15) is 56.3 Å². The van der Waals surface area contributed by atoms with E-state index >= 15 is 0 Å². The van der Waals surface area contributed by atoms with Crippen LogP contribution in [-0.4, -0.2) is 58.0 Å². The first-order valence-corrected chi connectivity index (χ1v) is 14.3. The third kappa shape index (κ3) is 3.94. The molecule has 9 heteroatoms. The minimum Gasteiger partial charge on any atom is -0.339 e. The Morgan fingerprint density at radius 1 is 0.944 bits per heavy atom. The number of para-hydroxylation sites is 1. The zero-order valence-electron chi connectivity index (χ0n) is 20.8. The van der Waals surface area contributed by atoms with Gasteiger partial charge in [0.1, 0.15) is 5.82 Å². The van der Waals surface area contributed by atoms with Crippen LogP contribution in [0, 0.1) is 6.92 Å². The van der Waals surface area contributed by atoms with Crippen LogP contribution in [-0.2, 0) is 10.0 Å². The Hall–Kier alpha value is -3.04. The number of aromatic nitrogens is 4. The van der Waals surface area contributed by atoms with Crippen molar-refractivity contribution < 1.29 is 8.42 Å². The molecule has 8 nitrogen and oxygen atoms in total. The van der Waals surface area contributed by atoms with E-state index in [0.29, 0.717) is 30.4 Å². The first kappa shape index (κ1) is 23.4. The van der Waals surface area contributed by atoms with Gasteiger partial charge in [0.15, 0.2) is 5.65 Å². The lowest BCUT2D eigenvalue weighted by Gasteiger charge is -2.39. The van der Waals surface area contributed by atoms with E-state index in [1.165, 1.54) is 19.3 Å². The monoisotopic (exact) mass is 504 g/mol. The fraction of sp³-hybridized carbons (Fsp3) is 0.444. The third-order valence-electron chi connectivity index (χ3n) is 7.67. The van der Waals surface area contributed by atoms with Gasteiger partial charge in [0.05, 0.1) is 10.4 Å². The maximum Gasteiger partial charge on any atom is 0.243 e. The Bertz CT molecular complexity index is 1530. The molecule has 1 saturated heterocycles. The first-order valence-electron chi connectivity index (χ1n) is 12.9. The number of piperazine rings is 1. The third-order valence-corrected chi connectivity index (χ3v) is 9.68. The number of benzene rings is 2. The molecule has 1 unspecified atom stereocenters. The van der Waals surface area contributed by atoms with Crippen molar-refractivity contribution in [2.75, 3.05) is 24.5 Å². The van der Waals surface area contributed by atoms with Crippen molar-refractivity contribution in [3.63, 3.8) is 0 Å². The summed E-state index contributed by atoms with van der Waals surface area (Å²) < 4.78 is 30.7. The van der Waals surface area contributed by atoms with Gasteiger partial charge in [-0.3, -0.25) is 0 Å². The van der Waals surface area contributed by atoms with Crippen molar-refractivity contribution in [3.8, 4) is 0 Å². The van der Waals surface area contributed by atoms with Gasteiger partial charge in [-0.1, -0.05) is 43.5 Å². The number of hydrogen-bond donors (Lipinski definition) is 0. The maximum atomic E-state index is 13.5. The number of aryl methyl sites for hydroxylation is 1. The smallest absolute Gasteiger partial charge is 0.243 e.